The van der Waals surface area contributed by atoms with Gasteiger partial charge in [-0.3, -0.25) is 0 Å². The molecule has 3 aromatic carbocycles. The molecule has 1 saturated heterocycles. The molecule has 6 heteroatoms. The Bertz CT molecular complexity index is 1130. The quantitative estimate of drug-likeness (QED) is 0.188. The van der Waals surface area contributed by atoms with Crippen molar-refractivity contribution in [1.82, 2.24) is 0 Å². The number of allylic oxidation sites excluding steroid dienone is 1. The predicted octanol–water partition coefficient (Wildman–Crippen LogP) is 7.07. The molecular weight excluding hydrogens is 444 g/mol. The third-order valence-corrected chi connectivity index (χ3v) is 6.31. The fraction of sp³-hybridized carbons (Fsp3) is 0.357. The number of rotatable bonds is 9. The van der Waals surface area contributed by atoms with Crippen LogP contribution in [0.25, 0.3) is 10.8 Å². The lowest BCUT2D eigenvalue weighted by Gasteiger charge is -2.29. The van der Waals surface area contributed by atoms with Crippen molar-refractivity contribution in [3.05, 3.63) is 95.1 Å². The van der Waals surface area contributed by atoms with Crippen LogP contribution >= 0.6 is 0 Å². The molecule has 1 aliphatic heterocycles. The number of benzene rings is 3. The van der Waals surface area contributed by atoms with Crippen LogP contribution in [-0.4, -0.2) is 19.5 Å². The van der Waals surface area contributed by atoms with E-state index in [4.69, 9.17) is 9.47 Å². The molecule has 4 rings (SSSR count). The molecule has 180 valence electrons. The molecule has 0 amide bonds. The number of aryl methyl sites for hydroxylation is 3. The van der Waals surface area contributed by atoms with Crippen molar-refractivity contribution < 1.29 is 27.0 Å². The molecule has 0 aromatic heterocycles. The molecule has 2 nitrogen and oxygen atoms in total. The Morgan fingerprint density at radius 3 is 2.24 bits per heavy atom. The van der Waals surface area contributed by atoms with Crippen molar-refractivity contribution in [3.63, 3.8) is 0 Å². The summed E-state index contributed by atoms with van der Waals surface area (Å²) in [7, 11) is 0. The highest BCUT2D eigenvalue weighted by Crippen LogP contribution is 2.26. The first-order valence-corrected chi connectivity index (χ1v) is 11.6. The van der Waals surface area contributed by atoms with Crippen LogP contribution in [-0.2, 0) is 28.7 Å². The maximum absolute atomic E-state index is 15.1. The van der Waals surface area contributed by atoms with Gasteiger partial charge in [-0.2, -0.15) is 0 Å². The molecule has 0 unspecified atom stereocenters. The Hall–Kier alpha value is -2.70. The van der Waals surface area contributed by atoms with Crippen LogP contribution in [0.2, 0.25) is 0 Å². The highest BCUT2D eigenvalue weighted by molar-refractivity contribution is 5.84. The third kappa shape index (κ3) is 5.86. The molecule has 0 bridgehead atoms. The summed E-state index contributed by atoms with van der Waals surface area (Å²) in [5, 5.41) is 1.28. The summed E-state index contributed by atoms with van der Waals surface area (Å²) in [6, 6.07) is 11.1. The van der Waals surface area contributed by atoms with Gasteiger partial charge in [0.1, 0.15) is 5.82 Å². The molecule has 1 aliphatic rings. The van der Waals surface area contributed by atoms with Gasteiger partial charge in [-0.15, -0.1) is 6.58 Å². The zero-order valence-corrected chi connectivity index (χ0v) is 19.0. The van der Waals surface area contributed by atoms with E-state index in [1.165, 1.54) is 0 Å². The lowest BCUT2D eigenvalue weighted by atomic mass is 9.98. The Labute approximate surface area is 197 Å². The summed E-state index contributed by atoms with van der Waals surface area (Å²) in [6.07, 6.45) is 5.59. The van der Waals surface area contributed by atoms with Crippen molar-refractivity contribution in [3.8, 4) is 0 Å². The number of hydrogen-bond donors (Lipinski definition) is 0. The second-order valence-electron chi connectivity index (χ2n) is 8.83. The molecule has 0 N–H and O–H groups in total. The Morgan fingerprint density at radius 1 is 0.794 bits per heavy atom. The van der Waals surface area contributed by atoms with Gasteiger partial charge in [-0.25, -0.2) is 17.6 Å². The largest absolute Gasteiger partial charge is 0.352 e. The first kappa shape index (κ1) is 24.4. The van der Waals surface area contributed by atoms with Crippen molar-refractivity contribution in [2.24, 2.45) is 5.92 Å². The van der Waals surface area contributed by atoms with Crippen LogP contribution in [0.3, 0.4) is 0 Å². The lowest BCUT2D eigenvalue weighted by molar-refractivity contribution is -0.203. The summed E-state index contributed by atoms with van der Waals surface area (Å²) in [6.45, 7) is 5.14. The van der Waals surface area contributed by atoms with E-state index in [0.717, 1.165) is 48.8 Å². The Morgan fingerprint density at radius 2 is 1.53 bits per heavy atom. The highest BCUT2D eigenvalue weighted by atomic mass is 19.2. The molecule has 0 spiro atoms. The summed E-state index contributed by atoms with van der Waals surface area (Å²) in [5.74, 6) is -3.91. The molecular formula is C28H28F4O2. The SMILES string of the molecule is C=CCCC1COC(CCc2ccc3c(F)c(CCc4cc(F)c(F)c(F)c4)ccc3c2)OC1. The normalized spacial score (nSPS) is 18.4. The fourth-order valence-corrected chi connectivity index (χ4v) is 4.32. The van der Waals surface area contributed by atoms with E-state index in [0.29, 0.717) is 30.1 Å². The van der Waals surface area contributed by atoms with Crippen LogP contribution in [0.4, 0.5) is 17.6 Å². The van der Waals surface area contributed by atoms with Gasteiger partial charge in [-0.1, -0.05) is 36.4 Å². The minimum atomic E-state index is -1.49. The summed E-state index contributed by atoms with van der Waals surface area (Å²) < 4.78 is 66.7. The first-order valence-electron chi connectivity index (χ1n) is 11.6. The van der Waals surface area contributed by atoms with Crippen LogP contribution in [0.5, 0.6) is 0 Å². The van der Waals surface area contributed by atoms with E-state index < -0.39 is 17.5 Å². The molecule has 0 aliphatic carbocycles. The number of ether oxygens (including phenoxy) is 2. The highest BCUT2D eigenvalue weighted by Gasteiger charge is 2.21. The van der Waals surface area contributed by atoms with Gasteiger partial charge < -0.3 is 9.47 Å². The molecule has 3 aromatic rings. The first-order chi connectivity index (χ1) is 16.4. The zero-order valence-electron chi connectivity index (χ0n) is 19.0. The van der Waals surface area contributed by atoms with Crippen LogP contribution in [0.1, 0.15) is 36.0 Å². The minimum absolute atomic E-state index is 0.199. The van der Waals surface area contributed by atoms with Gasteiger partial charge in [0, 0.05) is 17.7 Å². The van der Waals surface area contributed by atoms with E-state index >= 15 is 4.39 Å². The van der Waals surface area contributed by atoms with Crippen molar-refractivity contribution in [2.75, 3.05) is 13.2 Å². The average molecular weight is 473 g/mol. The molecule has 1 heterocycles. The predicted molar refractivity (Wildman–Crippen MR) is 125 cm³/mol. The monoisotopic (exact) mass is 472 g/mol. The molecule has 1 fully saturated rings. The summed E-state index contributed by atoms with van der Waals surface area (Å²) in [4.78, 5) is 0. The molecule has 34 heavy (non-hydrogen) atoms. The minimum Gasteiger partial charge on any atom is -0.352 e. The van der Waals surface area contributed by atoms with Crippen LogP contribution < -0.4 is 0 Å². The smallest absolute Gasteiger partial charge is 0.194 e. The van der Waals surface area contributed by atoms with Gasteiger partial charge >= 0.3 is 0 Å². The standard InChI is InChI=1S/C28H28F4O2/c1-2-3-4-20-16-33-26(34-17-20)12-7-18-6-11-23-22(13-18)10-9-21(27(23)31)8-5-19-14-24(29)28(32)25(30)15-19/h2,6,9-11,13-15,20,26H,1,3-5,7-8,12,16-17H2. The van der Waals surface area contributed by atoms with Gasteiger partial charge in [0.25, 0.3) is 0 Å². The van der Waals surface area contributed by atoms with Gasteiger partial charge in [0.05, 0.1) is 13.2 Å². The molecule has 0 radical (unpaired) electrons. The summed E-state index contributed by atoms with van der Waals surface area (Å²) in [5.41, 5.74) is 1.80. The van der Waals surface area contributed by atoms with E-state index in [1.54, 1.807) is 12.1 Å². The van der Waals surface area contributed by atoms with E-state index in [2.05, 4.69) is 6.58 Å². The Kier molecular flexibility index (Phi) is 8.01. The van der Waals surface area contributed by atoms with Gasteiger partial charge in [0.15, 0.2) is 23.7 Å². The van der Waals surface area contributed by atoms with Crippen molar-refractivity contribution in [1.29, 1.82) is 0 Å². The fourth-order valence-electron chi connectivity index (χ4n) is 4.32. The van der Waals surface area contributed by atoms with E-state index in [9.17, 15) is 13.2 Å². The third-order valence-electron chi connectivity index (χ3n) is 6.31. The van der Waals surface area contributed by atoms with Crippen molar-refractivity contribution >= 4 is 10.8 Å². The molecule has 0 atom stereocenters. The number of hydrogen-bond acceptors (Lipinski definition) is 2. The van der Waals surface area contributed by atoms with E-state index in [1.807, 2.05) is 24.3 Å². The second-order valence-corrected chi connectivity index (χ2v) is 8.83. The maximum atomic E-state index is 15.1. The Balaban J connectivity index is 1.36. The van der Waals surface area contributed by atoms with Crippen LogP contribution in [0.15, 0.2) is 55.1 Å². The van der Waals surface area contributed by atoms with Crippen molar-refractivity contribution in [2.45, 2.75) is 44.8 Å². The summed E-state index contributed by atoms with van der Waals surface area (Å²) >= 11 is 0. The topological polar surface area (TPSA) is 18.5 Å². The van der Waals surface area contributed by atoms with E-state index in [-0.39, 0.29) is 30.5 Å². The number of fused-ring (bicyclic) bond motifs is 1. The van der Waals surface area contributed by atoms with Gasteiger partial charge in [0.2, 0.25) is 0 Å². The zero-order chi connectivity index (χ0) is 24.1. The maximum Gasteiger partial charge on any atom is 0.194 e. The molecule has 0 saturated carbocycles. The second kappa shape index (κ2) is 11.2. The average Bonchev–Trinajstić information content (AvgIpc) is 2.85. The number of halogens is 4. The van der Waals surface area contributed by atoms with Gasteiger partial charge in [-0.05, 0) is 66.3 Å². The lowest BCUT2D eigenvalue weighted by Crippen LogP contribution is -2.32. The van der Waals surface area contributed by atoms with Crippen LogP contribution in [0, 0.1) is 29.2 Å².